The predicted octanol–water partition coefficient (Wildman–Crippen LogP) is 4.62. The molecule has 4 nitrogen and oxygen atoms in total. The highest BCUT2D eigenvalue weighted by molar-refractivity contribution is 8.01. The summed E-state index contributed by atoms with van der Waals surface area (Å²) in [4.78, 5) is 25.7. The van der Waals surface area contributed by atoms with Crippen LogP contribution in [0.3, 0.4) is 0 Å². The largest absolute Gasteiger partial charge is 0.353 e. The van der Waals surface area contributed by atoms with Crippen LogP contribution in [0.5, 0.6) is 0 Å². The van der Waals surface area contributed by atoms with Crippen LogP contribution in [0.15, 0.2) is 23.1 Å². The molecule has 0 spiro atoms. The van der Waals surface area contributed by atoms with Crippen molar-refractivity contribution in [3.8, 4) is 0 Å². The number of hydrogen-bond donors (Lipinski definition) is 2. The van der Waals surface area contributed by atoms with Gasteiger partial charge in [0, 0.05) is 22.4 Å². The molecule has 1 aliphatic carbocycles. The van der Waals surface area contributed by atoms with Gasteiger partial charge in [-0.2, -0.15) is 0 Å². The van der Waals surface area contributed by atoms with Gasteiger partial charge >= 0.3 is 0 Å². The Hall–Kier alpha value is -1.20. The van der Waals surface area contributed by atoms with Crippen molar-refractivity contribution < 1.29 is 9.59 Å². The van der Waals surface area contributed by atoms with Crippen LogP contribution in [0.2, 0.25) is 5.02 Å². The molecular formula is C19H25ClN2O2S. The summed E-state index contributed by atoms with van der Waals surface area (Å²) in [6, 6.07) is 5.72. The average Bonchev–Trinajstić information content (AvgIpc) is 3.00. The summed E-state index contributed by atoms with van der Waals surface area (Å²) < 4.78 is 0. The van der Waals surface area contributed by atoms with Gasteiger partial charge in [0.1, 0.15) is 0 Å². The normalized spacial score (nSPS) is 25.4. The third-order valence-corrected chi connectivity index (χ3v) is 6.58. The van der Waals surface area contributed by atoms with E-state index in [1.165, 1.54) is 43.9 Å². The van der Waals surface area contributed by atoms with E-state index in [0.29, 0.717) is 10.9 Å². The molecule has 25 heavy (non-hydrogen) atoms. The van der Waals surface area contributed by atoms with Gasteiger partial charge in [-0.25, -0.2) is 0 Å². The molecule has 2 N–H and O–H groups in total. The van der Waals surface area contributed by atoms with E-state index in [4.69, 9.17) is 11.6 Å². The Morgan fingerprint density at radius 1 is 1.40 bits per heavy atom. The number of hydrogen-bond acceptors (Lipinski definition) is 3. The maximum absolute atomic E-state index is 12.5. The quantitative estimate of drug-likeness (QED) is 0.757. The number of carbonyl (C=O) groups excluding carboxylic acids is 2. The fourth-order valence-corrected chi connectivity index (χ4v) is 4.99. The Balaban J connectivity index is 1.56. The van der Waals surface area contributed by atoms with Gasteiger partial charge in [0.05, 0.1) is 10.9 Å². The number of halogens is 1. The van der Waals surface area contributed by atoms with E-state index in [1.54, 1.807) is 12.1 Å². The molecule has 2 aliphatic rings. The SMILES string of the molecule is CCCCC1CCCC1NC(=O)CC1Sc2ccc(Cl)cc2NC1=O. The van der Waals surface area contributed by atoms with Crippen molar-refractivity contribution in [2.24, 2.45) is 5.92 Å². The molecule has 1 aromatic carbocycles. The molecule has 1 fully saturated rings. The zero-order chi connectivity index (χ0) is 17.8. The van der Waals surface area contributed by atoms with Gasteiger partial charge in [-0.05, 0) is 43.4 Å². The highest BCUT2D eigenvalue weighted by atomic mass is 35.5. The van der Waals surface area contributed by atoms with Crippen LogP contribution in [-0.2, 0) is 9.59 Å². The van der Waals surface area contributed by atoms with Gasteiger partial charge in [0.25, 0.3) is 0 Å². The molecule has 1 aliphatic heterocycles. The van der Waals surface area contributed by atoms with Gasteiger partial charge in [0.2, 0.25) is 11.8 Å². The molecular weight excluding hydrogens is 356 g/mol. The molecule has 1 saturated carbocycles. The highest BCUT2D eigenvalue weighted by Crippen LogP contribution is 2.38. The second-order valence-electron chi connectivity index (χ2n) is 6.95. The van der Waals surface area contributed by atoms with Crippen molar-refractivity contribution in [1.82, 2.24) is 5.32 Å². The molecule has 0 aromatic heterocycles. The third-order valence-electron chi connectivity index (χ3n) is 5.07. The van der Waals surface area contributed by atoms with E-state index in [2.05, 4.69) is 17.6 Å². The Bertz CT molecular complexity index is 652. The number of rotatable bonds is 6. The molecule has 2 amide bonds. The van der Waals surface area contributed by atoms with E-state index in [9.17, 15) is 9.59 Å². The number of benzene rings is 1. The Labute approximate surface area is 158 Å². The Kier molecular flexibility index (Phi) is 6.29. The first-order valence-electron chi connectivity index (χ1n) is 9.13. The van der Waals surface area contributed by atoms with Crippen molar-refractivity contribution in [1.29, 1.82) is 0 Å². The van der Waals surface area contributed by atoms with Crippen molar-refractivity contribution in [3.63, 3.8) is 0 Å². The zero-order valence-electron chi connectivity index (χ0n) is 14.5. The van der Waals surface area contributed by atoms with Gasteiger partial charge < -0.3 is 10.6 Å². The van der Waals surface area contributed by atoms with E-state index < -0.39 is 0 Å². The second kappa shape index (κ2) is 8.45. The van der Waals surface area contributed by atoms with Crippen LogP contribution in [0, 0.1) is 5.92 Å². The number of carbonyl (C=O) groups is 2. The summed E-state index contributed by atoms with van der Waals surface area (Å²) in [7, 11) is 0. The first-order chi connectivity index (χ1) is 12.1. The summed E-state index contributed by atoms with van der Waals surface area (Å²) in [5.74, 6) is 0.460. The molecule has 0 bridgehead atoms. The minimum absolute atomic E-state index is 0.0153. The number of fused-ring (bicyclic) bond motifs is 1. The predicted molar refractivity (Wildman–Crippen MR) is 103 cm³/mol. The molecule has 0 radical (unpaired) electrons. The van der Waals surface area contributed by atoms with Crippen molar-refractivity contribution >= 4 is 40.9 Å². The van der Waals surface area contributed by atoms with Crippen LogP contribution >= 0.6 is 23.4 Å². The number of anilines is 1. The first-order valence-corrected chi connectivity index (χ1v) is 10.4. The number of nitrogens with one attached hydrogen (secondary N) is 2. The van der Waals surface area contributed by atoms with Crippen LogP contribution in [0.1, 0.15) is 51.9 Å². The van der Waals surface area contributed by atoms with E-state index in [-0.39, 0.29) is 29.5 Å². The van der Waals surface area contributed by atoms with Crippen LogP contribution in [-0.4, -0.2) is 23.1 Å². The molecule has 0 saturated heterocycles. The lowest BCUT2D eigenvalue weighted by atomic mass is 9.96. The number of thioether (sulfide) groups is 1. The van der Waals surface area contributed by atoms with Crippen molar-refractivity contribution in [2.45, 2.75) is 68.1 Å². The summed E-state index contributed by atoms with van der Waals surface area (Å²) in [5, 5.41) is 6.26. The summed E-state index contributed by atoms with van der Waals surface area (Å²) in [6.45, 7) is 2.20. The monoisotopic (exact) mass is 380 g/mol. The smallest absolute Gasteiger partial charge is 0.238 e. The fourth-order valence-electron chi connectivity index (χ4n) is 3.73. The van der Waals surface area contributed by atoms with E-state index >= 15 is 0 Å². The average molecular weight is 381 g/mol. The zero-order valence-corrected chi connectivity index (χ0v) is 16.1. The molecule has 136 valence electrons. The van der Waals surface area contributed by atoms with Gasteiger partial charge in [-0.3, -0.25) is 9.59 Å². The molecule has 1 aromatic rings. The molecule has 1 heterocycles. The van der Waals surface area contributed by atoms with E-state index in [1.807, 2.05) is 6.07 Å². The first kappa shape index (κ1) is 18.6. The lowest BCUT2D eigenvalue weighted by Gasteiger charge is -2.25. The molecule has 3 unspecified atom stereocenters. The maximum atomic E-state index is 12.5. The lowest BCUT2D eigenvalue weighted by Crippen LogP contribution is -2.40. The van der Waals surface area contributed by atoms with Crippen LogP contribution < -0.4 is 10.6 Å². The summed E-state index contributed by atoms with van der Waals surface area (Å²) in [5.41, 5.74) is 0.731. The summed E-state index contributed by atoms with van der Waals surface area (Å²) in [6.07, 6.45) is 7.27. The van der Waals surface area contributed by atoms with Gasteiger partial charge in [-0.1, -0.05) is 37.8 Å². The maximum Gasteiger partial charge on any atom is 0.238 e. The number of unbranched alkanes of at least 4 members (excludes halogenated alkanes) is 1. The number of amides is 2. The highest BCUT2D eigenvalue weighted by Gasteiger charge is 2.32. The van der Waals surface area contributed by atoms with Gasteiger partial charge in [0.15, 0.2) is 0 Å². The standard InChI is InChI=1S/C19H25ClN2O2S/c1-2-3-5-12-6-4-7-14(12)21-18(23)11-17-19(24)22-15-10-13(20)8-9-16(15)25-17/h8-10,12,14,17H,2-7,11H2,1H3,(H,21,23)(H,22,24). The second-order valence-corrected chi connectivity index (χ2v) is 8.63. The lowest BCUT2D eigenvalue weighted by molar-refractivity contribution is -0.124. The Morgan fingerprint density at radius 2 is 2.24 bits per heavy atom. The van der Waals surface area contributed by atoms with Crippen molar-refractivity contribution in [2.75, 3.05) is 5.32 Å². The van der Waals surface area contributed by atoms with E-state index in [0.717, 1.165) is 17.0 Å². The van der Waals surface area contributed by atoms with Crippen molar-refractivity contribution in [3.05, 3.63) is 23.2 Å². The molecule has 3 atom stereocenters. The fraction of sp³-hybridized carbons (Fsp3) is 0.579. The van der Waals surface area contributed by atoms with Gasteiger partial charge in [-0.15, -0.1) is 11.8 Å². The topological polar surface area (TPSA) is 58.2 Å². The van der Waals surface area contributed by atoms with Crippen LogP contribution in [0.25, 0.3) is 0 Å². The minimum atomic E-state index is -0.385. The summed E-state index contributed by atoms with van der Waals surface area (Å²) >= 11 is 7.41. The Morgan fingerprint density at radius 3 is 3.04 bits per heavy atom. The molecule has 6 heteroatoms. The third kappa shape index (κ3) is 4.70. The minimum Gasteiger partial charge on any atom is -0.353 e. The molecule has 3 rings (SSSR count). The van der Waals surface area contributed by atoms with Crippen LogP contribution in [0.4, 0.5) is 5.69 Å².